The van der Waals surface area contributed by atoms with Crippen molar-refractivity contribution in [2.45, 2.75) is 31.2 Å². The molecule has 1 N–H and O–H groups in total. The fourth-order valence-corrected chi connectivity index (χ4v) is 4.06. The summed E-state index contributed by atoms with van der Waals surface area (Å²) in [5.41, 5.74) is 0.893. The Morgan fingerprint density at radius 2 is 1.81 bits per heavy atom. The molecule has 2 aromatic rings. The zero-order chi connectivity index (χ0) is 19.3. The molecule has 0 amide bonds. The van der Waals surface area contributed by atoms with Gasteiger partial charge in [-0.2, -0.15) is 0 Å². The Bertz CT molecular complexity index is 866. The highest BCUT2D eigenvalue weighted by Crippen LogP contribution is 2.26. The summed E-state index contributed by atoms with van der Waals surface area (Å²) in [6.07, 6.45) is 0.640. The lowest BCUT2D eigenvalue weighted by Crippen LogP contribution is -2.29. The Hall–Kier alpha value is -1.89. The first-order valence-corrected chi connectivity index (χ1v) is 10.1. The van der Waals surface area contributed by atoms with Gasteiger partial charge in [0.2, 0.25) is 10.0 Å². The van der Waals surface area contributed by atoms with E-state index in [4.69, 9.17) is 11.6 Å². The number of halogens is 1. The lowest BCUT2D eigenvalue weighted by molar-refractivity contribution is 0.0600. The van der Waals surface area contributed by atoms with Crippen LogP contribution < -0.4 is 4.72 Å². The number of hydrogen-bond donors (Lipinski definition) is 1. The van der Waals surface area contributed by atoms with Crippen LogP contribution in [0.15, 0.2) is 53.4 Å². The maximum Gasteiger partial charge on any atom is 0.339 e. The third-order valence-corrected chi connectivity index (χ3v) is 5.66. The van der Waals surface area contributed by atoms with Gasteiger partial charge in [0.1, 0.15) is 0 Å². The quantitative estimate of drug-likeness (QED) is 0.713. The van der Waals surface area contributed by atoms with Crippen molar-refractivity contribution in [1.82, 2.24) is 4.72 Å². The number of carbonyl (C=O) groups is 1. The van der Waals surface area contributed by atoms with Crippen molar-refractivity contribution in [3.63, 3.8) is 0 Å². The second-order valence-electron chi connectivity index (χ2n) is 6.35. The van der Waals surface area contributed by atoms with E-state index in [9.17, 15) is 13.2 Å². The van der Waals surface area contributed by atoms with E-state index in [-0.39, 0.29) is 21.5 Å². The Labute approximate surface area is 159 Å². The van der Waals surface area contributed by atoms with Crippen molar-refractivity contribution in [3.05, 3.63) is 64.7 Å². The van der Waals surface area contributed by atoms with Gasteiger partial charge in [-0.05, 0) is 36.1 Å². The molecule has 0 heterocycles. The molecule has 0 aliphatic rings. The van der Waals surface area contributed by atoms with E-state index in [0.717, 1.165) is 5.56 Å². The lowest BCUT2D eigenvalue weighted by atomic mass is 9.98. The second kappa shape index (κ2) is 8.66. The third kappa shape index (κ3) is 5.06. The zero-order valence-electron chi connectivity index (χ0n) is 14.9. The van der Waals surface area contributed by atoms with Gasteiger partial charge in [-0.3, -0.25) is 0 Å². The minimum atomic E-state index is -3.85. The summed E-state index contributed by atoms with van der Waals surface area (Å²) in [7, 11) is -2.64. The Kier molecular flexibility index (Phi) is 6.81. The van der Waals surface area contributed by atoms with Gasteiger partial charge in [-0.1, -0.05) is 55.8 Å². The monoisotopic (exact) mass is 395 g/mol. The van der Waals surface area contributed by atoms with Gasteiger partial charge in [0.25, 0.3) is 0 Å². The number of ether oxygens (including phenoxy) is 1. The first kappa shape index (κ1) is 20.4. The molecule has 0 bridgehead atoms. The Morgan fingerprint density at radius 1 is 1.15 bits per heavy atom. The maximum atomic E-state index is 12.9. The first-order chi connectivity index (χ1) is 12.2. The van der Waals surface area contributed by atoms with Crippen LogP contribution in [0.2, 0.25) is 5.02 Å². The molecule has 0 aliphatic heterocycles. The van der Waals surface area contributed by atoms with E-state index in [1.807, 2.05) is 44.2 Å². The number of esters is 1. The predicted octanol–water partition coefficient (Wildman–Crippen LogP) is 4.19. The van der Waals surface area contributed by atoms with E-state index in [1.54, 1.807) is 0 Å². The molecule has 0 aromatic heterocycles. The summed E-state index contributed by atoms with van der Waals surface area (Å²) < 4.78 is 33.1. The van der Waals surface area contributed by atoms with Crippen molar-refractivity contribution in [3.8, 4) is 0 Å². The van der Waals surface area contributed by atoms with Gasteiger partial charge in [0.15, 0.2) is 0 Å². The van der Waals surface area contributed by atoms with E-state index in [0.29, 0.717) is 12.3 Å². The molecule has 140 valence electrons. The third-order valence-electron chi connectivity index (χ3n) is 3.86. The largest absolute Gasteiger partial charge is 0.465 e. The van der Waals surface area contributed by atoms with Crippen molar-refractivity contribution in [2.24, 2.45) is 5.92 Å². The summed E-state index contributed by atoms with van der Waals surface area (Å²) in [5.74, 6) is -0.396. The van der Waals surface area contributed by atoms with Gasteiger partial charge in [-0.25, -0.2) is 17.9 Å². The van der Waals surface area contributed by atoms with Crippen LogP contribution in [0, 0.1) is 5.92 Å². The van der Waals surface area contributed by atoms with E-state index in [2.05, 4.69) is 9.46 Å². The molecule has 2 aromatic carbocycles. The average molecular weight is 396 g/mol. The molecular formula is C19H22ClNO4S. The molecule has 2 rings (SSSR count). The molecule has 7 heteroatoms. The highest BCUT2D eigenvalue weighted by Gasteiger charge is 2.24. The minimum absolute atomic E-state index is 0.0113. The smallest absolute Gasteiger partial charge is 0.339 e. The Morgan fingerprint density at radius 3 is 2.38 bits per heavy atom. The number of nitrogens with one attached hydrogen (secondary N) is 1. The van der Waals surface area contributed by atoms with Gasteiger partial charge in [0, 0.05) is 6.04 Å². The minimum Gasteiger partial charge on any atom is -0.465 e. The summed E-state index contributed by atoms with van der Waals surface area (Å²) in [6.45, 7) is 4.06. The summed E-state index contributed by atoms with van der Waals surface area (Å²) in [4.78, 5) is 11.7. The molecular weight excluding hydrogens is 374 g/mol. The van der Waals surface area contributed by atoms with Gasteiger partial charge in [-0.15, -0.1) is 0 Å². The summed E-state index contributed by atoms with van der Waals surface area (Å²) >= 11 is 5.97. The highest BCUT2D eigenvalue weighted by molar-refractivity contribution is 7.89. The number of carbonyl (C=O) groups excluding carboxylic acids is 1. The SMILES string of the molecule is COC(=O)c1cc(S(=O)(=O)NC(CC(C)C)c2ccccc2)ccc1Cl. The maximum absolute atomic E-state index is 12.9. The zero-order valence-corrected chi connectivity index (χ0v) is 16.5. The highest BCUT2D eigenvalue weighted by atomic mass is 35.5. The van der Waals surface area contributed by atoms with Crippen LogP contribution in [0.5, 0.6) is 0 Å². The Balaban J connectivity index is 2.38. The number of sulfonamides is 1. The van der Waals surface area contributed by atoms with E-state index in [1.165, 1.54) is 25.3 Å². The second-order valence-corrected chi connectivity index (χ2v) is 8.47. The van der Waals surface area contributed by atoms with Crippen LogP contribution in [0.3, 0.4) is 0 Å². The van der Waals surface area contributed by atoms with Crippen molar-refractivity contribution in [2.75, 3.05) is 7.11 Å². The van der Waals surface area contributed by atoms with Crippen LogP contribution in [0.1, 0.15) is 42.2 Å². The van der Waals surface area contributed by atoms with E-state index >= 15 is 0 Å². The van der Waals surface area contributed by atoms with Gasteiger partial charge in [0.05, 0.1) is 22.6 Å². The van der Waals surface area contributed by atoms with Crippen LogP contribution in [-0.4, -0.2) is 21.5 Å². The van der Waals surface area contributed by atoms with Crippen LogP contribution in [0.25, 0.3) is 0 Å². The number of benzene rings is 2. The first-order valence-electron chi connectivity index (χ1n) is 8.19. The van der Waals surface area contributed by atoms with Crippen LogP contribution in [0.4, 0.5) is 0 Å². The number of hydrogen-bond acceptors (Lipinski definition) is 4. The van der Waals surface area contributed by atoms with E-state index < -0.39 is 16.0 Å². The fourth-order valence-electron chi connectivity index (χ4n) is 2.60. The molecule has 0 fully saturated rings. The topological polar surface area (TPSA) is 72.5 Å². The molecule has 0 saturated heterocycles. The lowest BCUT2D eigenvalue weighted by Gasteiger charge is -2.21. The average Bonchev–Trinajstić information content (AvgIpc) is 2.61. The summed E-state index contributed by atoms with van der Waals surface area (Å²) in [6, 6.07) is 13.0. The number of methoxy groups -OCH3 is 1. The molecule has 0 aliphatic carbocycles. The predicted molar refractivity (Wildman–Crippen MR) is 102 cm³/mol. The fraction of sp³-hybridized carbons (Fsp3) is 0.316. The number of rotatable bonds is 7. The molecule has 0 spiro atoms. The van der Waals surface area contributed by atoms with Crippen molar-refractivity contribution < 1.29 is 17.9 Å². The molecule has 1 atom stereocenters. The van der Waals surface area contributed by atoms with Crippen molar-refractivity contribution in [1.29, 1.82) is 0 Å². The molecule has 5 nitrogen and oxygen atoms in total. The molecule has 0 radical (unpaired) electrons. The van der Waals surface area contributed by atoms with Gasteiger partial charge >= 0.3 is 5.97 Å². The van der Waals surface area contributed by atoms with Crippen LogP contribution >= 0.6 is 11.6 Å². The van der Waals surface area contributed by atoms with Crippen molar-refractivity contribution >= 4 is 27.6 Å². The summed E-state index contributed by atoms with van der Waals surface area (Å²) in [5, 5.41) is 0.137. The van der Waals surface area contributed by atoms with Gasteiger partial charge < -0.3 is 4.74 Å². The molecule has 1 unspecified atom stereocenters. The molecule has 0 saturated carbocycles. The molecule has 26 heavy (non-hydrogen) atoms. The normalized spacial score (nSPS) is 12.8. The van der Waals surface area contributed by atoms with Crippen LogP contribution in [-0.2, 0) is 14.8 Å². The standard InChI is InChI=1S/C19H22ClNO4S/c1-13(2)11-18(14-7-5-4-6-8-14)21-26(23,24)15-9-10-17(20)16(12-15)19(22)25-3/h4-10,12-13,18,21H,11H2,1-3H3.